The fraction of sp³-hybridized carbons (Fsp3) is 0.130. The number of rotatable bonds is 8. The molecule has 0 spiro atoms. The highest BCUT2D eigenvalue weighted by molar-refractivity contribution is 7.89. The topological polar surface area (TPSA) is 78.8 Å². The summed E-state index contributed by atoms with van der Waals surface area (Å²) in [6.07, 6.45) is -3.73. The number of carbonyl (C=O) groups is 1. The van der Waals surface area contributed by atoms with Crippen LogP contribution in [-0.2, 0) is 27.5 Å². The quantitative estimate of drug-likeness (QED) is 0.353. The number of hydrogen-bond acceptors (Lipinski definition) is 4. The molecule has 0 saturated carbocycles. The van der Waals surface area contributed by atoms with Gasteiger partial charge in [0.15, 0.2) is 0 Å². The number of carbonyl (C=O) groups excluding carboxylic acids is 1. The lowest BCUT2D eigenvalue weighted by Crippen LogP contribution is -2.39. The Morgan fingerprint density at radius 1 is 0.971 bits per heavy atom. The first-order chi connectivity index (χ1) is 16.1. The minimum atomic E-state index is -4.59. The second kappa shape index (κ2) is 10.8. The Bertz CT molecular complexity index is 1270. The van der Waals surface area contributed by atoms with E-state index in [1.54, 1.807) is 30.3 Å². The van der Waals surface area contributed by atoms with Crippen molar-refractivity contribution in [3.8, 4) is 0 Å². The number of alkyl halides is 3. The van der Waals surface area contributed by atoms with Crippen LogP contribution in [0.1, 0.15) is 16.7 Å². The minimum absolute atomic E-state index is 0.0664. The van der Waals surface area contributed by atoms with E-state index < -0.39 is 34.2 Å². The van der Waals surface area contributed by atoms with E-state index >= 15 is 0 Å². The van der Waals surface area contributed by atoms with Gasteiger partial charge in [-0.15, -0.1) is 0 Å². The Balaban J connectivity index is 1.79. The Kier molecular flexibility index (Phi) is 8.08. The third kappa shape index (κ3) is 6.66. The van der Waals surface area contributed by atoms with Gasteiger partial charge in [-0.3, -0.25) is 4.79 Å². The lowest BCUT2D eigenvalue weighted by molar-refractivity contribution is -0.137. The van der Waals surface area contributed by atoms with Crippen molar-refractivity contribution in [2.24, 2.45) is 5.10 Å². The second-order valence-electron chi connectivity index (χ2n) is 7.09. The van der Waals surface area contributed by atoms with Crippen LogP contribution in [0.2, 0.25) is 5.02 Å². The van der Waals surface area contributed by atoms with Crippen molar-refractivity contribution in [2.75, 3.05) is 6.54 Å². The van der Waals surface area contributed by atoms with Crippen LogP contribution in [-0.4, -0.2) is 31.4 Å². The Labute approximate surface area is 199 Å². The molecule has 0 fully saturated rings. The molecule has 3 aromatic carbocycles. The van der Waals surface area contributed by atoms with Crippen LogP contribution in [0.25, 0.3) is 0 Å². The molecule has 3 aromatic rings. The number of benzene rings is 3. The second-order valence-corrected chi connectivity index (χ2v) is 9.47. The van der Waals surface area contributed by atoms with Crippen LogP contribution < -0.4 is 5.43 Å². The molecule has 0 aromatic heterocycles. The van der Waals surface area contributed by atoms with Gasteiger partial charge < -0.3 is 0 Å². The van der Waals surface area contributed by atoms with Gasteiger partial charge in [-0.1, -0.05) is 60.1 Å². The van der Waals surface area contributed by atoms with Crippen molar-refractivity contribution in [1.82, 2.24) is 9.73 Å². The van der Waals surface area contributed by atoms with Gasteiger partial charge in [-0.05, 0) is 35.9 Å². The van der Waals surface area contributed by atoms with Crippen molar-refractivity contribution in [2.45, 2.75) is 17.6 Å². The molecular formula is C23H19ClF3N3O3S. The molecule has 0 aliphatic heterocycles. The number of hydrogen-bond donors (Lipinski definition) is 1. The first-order valence-corrected chi connectivity index (χ1v) is 11.7. The SMILES string of the molecule is O=C(CN(Cc1ccccc1)S(=O)(=O)c1ccc(Cl)cc1)N/N=C\c1ccccc1C(F)(F)F. The van der Waals surface area contributed by atoms with Crippen molar-refractivity contribution >= 4 is 33.7 Å². The fourth-order valence-corrected chi connectivity index (χ4v) is 4.52. The molecule has 1 amide bonds. The van der Waals surface area contributed by atoms with Gasteiger partial charge in [0, 0.05) is 17.1 Å². The summed E-state index contributed by atoms with van der Waals surface area (Å²) >= 11 is 5.84. The van der Waals surface area contributed by atoms with E-state index in [0.29, 0.717) is 10.6 Å². The molecule has 0 aliphatic carbocycles. The Morgan fingerprint density at radius 2 is 1.59 bits per heavy atom. The number of nitrogens with zero attached hydrogens (tertiary/aromatic N) is 2. The molecule has 3 rings (SSSR count). The summed E-state index contributed by atoms with van der Waals surface area (Å²) in [7, 11) is -4.10. The van der Waals surface area contributed by atoms with E-state index in [-0.39, 0.29) is 17.0 Å². The maximum Gasteiger partial charge on any atom is 0.417 e. The van der Waals surface area contributed by atoms with E-state index in [1.807, 2.05) is 0 Å². The zero-order valence-electron chi connectivity index (χ0n) is 17.5. The van der Waals surface area contributed by atoms with Crippen molar-refractivity contribution in [3.05, 3.63) is 101 Å². The van der Waals surface area contributed by atoms with Gasteiger partial charge in [0.25, 0.3) is 5.91 Å². The standard InChI is InChI=1S/C23H19ClF3N3O3S/c24-19-10-12-20(13-11-19)34(32,33)30(15-17-6-2-1-3-7-17)16-22(31)29-28-14-18-8-4-5-9-21(18)23(25,26)27/h1-14H,15-16H2,(H,29,31)/b28-14-. The third-order valence-electron chi connectivity index (χ3n) is 4.63. The smallest absolute Gasteiger partial charge is 0.272 e. The predicted octanol–water partition coefficient (Wildman–Crippen LogP) is 4.70. The molecule has 0 heterocycles. The summed E-state index contributed by atoms with van der Waals surface area (Å²) in [6, 6.07) is 18.8. The number of halogens is 4. The molecule has 11 heteroatoms. The Hall–Kier alpha value is -3.21. The van der Waals surface area contributed by atoms with Crippen LogP contribution in [0, 0.1) is 0 Å². The molecule has 0 aliphatic rings. The van der Waals surface area contributed by atoms with Crippen LogP contribution in [0.4, 0.5) is 13.2 Å². The zero-order valence-corrected chi connectivity index (χ0v) is 19.1. The summed E-state index contributed by atoms with van der Waals surface area (Å²) in [4.78, 5) is 12.4. The van der Waals surface area contributed by atoms with Crippen LogP contribution >= 0.6 is 11.6 Å². The molecule has 1 N–H and O–H groups in total. The average molecular weight is 510 g/mol. The van der Waals surface area contributed by atoms with E-state index in [4.69, 9.17) is 11.6 Å². The lowest BCUT2D eigenvalue weighted by atomic mass is 10.1. The number of amides is 1. The minimum Gasteiger partial charge on any atom is -0.272 e. The average Bonchev–Trinajstić information content (AvgIpc) is 2.79. The highest BCUT2D eigenvalue weighted by atomic mass is 35.5. The zero-order chi connectivity index (χ0) is 24.8. The normalized spacial score (nSPS) is 12.3. The van der Waals surface area contributed by atoms with Gasteiger partial charge >= 0.3 is 6.18 Å². The molecular weight excluding hydrogens is 491 g/mol. The highest BCUT2D eigenvalue weighted by Gasteiger charge is 2.32. The highest BCUT2D eigenvalue weighted by Crippen LogP contribution is 2.31. The molecule has 0 radical (unpaired) electrons. The molecule has 178 valence electrons. The Morgan fingerprint density at radius 3 is 2.24 bits per heavy atom. The fourth-order valence-electron chi connectivity index (χ4n) is 3.01. The number of nitrogens with one attached hydrogen (secondary N) is 1. The first kappa shape index (κ1) is 25.4. The summed E-state index contributed by atoms with van der Waals surface area (Å²) in [5, 5.41) is 3.93. The van der Waals surface area contributed by atoms with Crippen LogP contribution in [0.15, 0.2) is 88.9 Å². The van der Waals surface area contributed by atoms with E-state index in [1.165, 1.54) is 42.5 Å². The van der Waals surface area contributed by atoms with Crippen LogP contribution in [0.3, 0.4) is 0 Å². The molecule has 0 saturated heterocycles. The molecule has 0 unspecified atom stereocenters. The third-order valence-corrected chi connectivity index (χ3v) is 6.69. The summed E-state index contributed by atoms with van der Waals surface area (Å²) in [5.74, 6) is -0.825. The molecule has 6 nitrogen and oxygen atoms in total. The van der Waals surface area contributed by atoms with Gasteiger partial charge in [0.2, 0.25) is 10.0 Å². The summed E-state index contributed by atoms with van der Waals surface area (Å²) in [6.45, 7) is -0.724. The van der Waals surface area contributed by atoms with E-state index in [0.717, 1.165) is 16.6 Å². The monoisotopic (exact) mass is 509 g/mol. The lowest BCUT2D eigenvalue weighted by Gasteiger charge is -2.21. The van der Waals surface area contributed by atoms with Gasteiger partial charge in [-0.2, -0.15) is 22.6 Å². The van der Waals surface area contributed by atoms with Crippen molar-refractivity contribution < 1.29 is 26.4 Å². The van der Waals surface area contributed by atoms with Gasteiger partial charge in [0.05, 0.1) is 23.2 Å². The van der Waals surface area contributed by atoms with E-state index in [9.17, 15) is 26.4 Å². The largest absolute Gasteiger partial charge is 0.417 e. The van der Waals surface area contributed by atoms with Gasteiger partial charge in [-0.25, -0.2) is 13.8 Å². The van der Waals surface area contributed by atoms with Gasteiger partial charge in [0.1, 0.15) is 0 Å². The summed E-state index contributed by atoms with van der Waals surface area (Å²) < 4.78 is 66.6. The molecule has 34 heavy (non-hydrogen) atoms. The first-order valence-electron chi connectivity index (χ1n) is 9.85. The summed E-state index contributed by atoms with van der Waals surface area (Å²) in [5.41, 5.74) is 1.57. The maximum absolute atomic E-state index is 13.2. The number of hydrazone groups is 1. The van der Waals surface area contributed by atoms with Crippen molar-refractivity contribution in [3.63, 3.8) is 0 Å². The number of sulfonamides is 1. The van der Waals surface area contributed by atoms with Crippen molar-refractivity contribution in [1.29, 1.82) is 0 Å². The molecule has 0 bridgehead atoms. The molecule has 0 atom stereocenters. The predicted molar refractivity (Wildman–Crippen MR) is 123 cm³/mol. The maximum atomic E-state index is 13.2. The van der Waals surface area contributed by atoms with E-state index in [2.05, 4.69) is 10.5 Å². The van der Waals surface area contributed by atoms with Crippen LogP contribution in [0.5, 0.6) is 0 Å².